The van der Waals surface area contributed by atoms with Gasteiger partial charge in [0.25, 0.3) is 0 Å². The second-order valence-corrected chi connectivity index (χ2v) is 3.03. The van der Waals surface area contributed by atoms with E-state index in [4.69, 9.17) is 4.42 Å². The van der Waals surface area contributed by atoms with Crippen molar-refractivity contribution in [2.75, 3.05) is 0 Å². The average Bonchev–Trinajstić information content (AvgIpc) is 2.33. The van der Waals surface area contributed by atoms with Crippen LogP contribution in [-0.4, -0.2) is 13.8 Å². The zero-order valence-corrected chi connectivity index (χ0v) is 20.3. The Morgan fingerprint density at radius 1 is 1.17 bits per heavy atom. The number of nitrogens with zero attached hydrogens (tertiary/aromatic N) is 1. The van der Waals surface area contributed by atoms with Crippen LogP contribution >= 0.6 is 0 Å². The van der Waals surface area contributed by atoms with Crippen molar-refractivity contribution in [1.29, 1.82) is 0 Å². The van der Waals surface area contributed by atoms with Crippen LogP contribution in [0.15, 0.2) is 10.8 Å². The molecule has 0 saturated heterocycles. The van der Waals surface area contributed by atoms with Crippen molar-refractivity contribution < 1.29 is 106 Å². The summed E-state index contributed by atoms with van der Waals surface area (Å²) in [7, 11) is 0. The second-order valence-electron chi connectivity index (χ2n) is 1.34. The standard InChI is InChI=1S/C5H3NO.5W/c1-4-5(2)7-3-6-4;;;;;/h1-3H;;;;;. The number of rotatable bonds is 2. The summed E-state index contributed by atoms with van der Waals surface area (Å²) in [5.74, 6) is 0.903. The molecule has 0 spiro atoms. The Morgan fingerprint density at radius 2 is 1.75 bits per heavy atom. The molecule has 1 aromatic rings. The topological polar surface area (TPSA) is 26.0 Å². The first-order chi connectivity index (χ1) is 4.38. The molecule has 1 rings (SSSR count). The fraction of sp³-hybridized carbons (Fsp3) is 0. The van der Waals surface area contributed by atoms with E-state index < -0.39 is 0 Å². The Hall–Kier alpha value is 2.39. The van der Waals surface area contributed by atoms with E-state index >= 15 is 0 Å². The molecule has 1 heterocycles. The molecule has 0 aliphatic heterocycles. The Labute approximate surface area is 136 Å². The number of hydrogen-bond donors (Lipinski definition) is 0. The summed E-state index contributed by atoms with van der Waals surface area (Å²) in [6.45, 7) is 0. The van der Waals surface area contributed by atoms with Crippen LogP contribution in [-0.2, 0) is 102 Å². The van der Waals surface area contributed by atoms with Gasteiger partial charge in [0.1, 0.15) is 0 Å². The fourth-order valence-corrected chi connectivity index (χ4v) is 1.71. The molecule has 0 unspecified atom stereocenters. The maximum atomic E-state index is 5.04. The fourth-order valence-electron chi connectivity index (χ4n) is 0.441. The molecule has 1 aromatic heterocycles. The molecule has 0 aliphatic rings. The predicted octanol–water partition coefficient (Wildman–Crippen LogP) is 0.0613. The third-order valence-electron chi connectivity index (χ3n) is 0.843. The summed E-state index contributed by atoms with van der Waals surface area (Å²) < 4.78 is 9.04. The zero-order valence-electron chi connectivity index (χ0n) is 5.63. The molecule has 2 nitrogen and oxygen atoms in total. The van der Waals surface area contributed by atoms with Gasteiger partial charge in [-0.3, -0.25) is 0 Å². The third-order valence-corrected chi connectivity index (χ3v) is 2.41. The summed E-state index contributed by atoms with van der Waals surface area (Å²) in [6.07, 6.45) is 1.48. The Bertz CT molecular complexity index is 213. The summed E-state index contributed by atoms with van der Waals surface area (Å²) in [4.78, 5) is 3.99. The molecule has 12 heavy (non-hydrogen) atoms. The monoisotopic (exact) mass is 1010 g/mol. The van der Waals surface area contributed by atoms with E-state index in [0.29, 0.717) is 0 Å². The van der Waals surface area contributed by atoms with Crippen molar-refractivity contribution >= 4 is 8.80 Å². The number of aromatic nitrogens is 1. The van der Waals surface area contributed by atoms with E-state index in [1.54, 1.807) is 0 Å². The van der Waals surface area contributed by atoms with Gasteiger partial charge in [0.05, 0.1) is 0 Å². The minimum absolute atomic E-state index is 0. The van der Waals surface area contributed by atoms with Gasteiger partial charge in [-0.25, -0.2) is 0 Å². The molecule has 0 fully saturated rings. The van der Waals surface area contributed by atoms with Crippen LogP contribution in [0.1, 0.15) is 11.5 Å². The minimum atomic E-state index is 0. The van der Waals surface area contributed by atoms with Gasteiger partial charge in [-0.05, 0) is 0 Å². The van der Waals surface area contributed by atoms with E-state index in [9.17, 15) is 0 Å². The van der Waals surface area contributed by atoms with Crippen molar-refractivity contribution in [1.82, 2.24) is 4.98 Å². The van der Waals surface area contributed by atoms with Crippen molar-refractivity contribution in [2.24, 2.45) is 0 Å². The molecule has 0 amide bonds. The van der Waals surface area contributed by atoms with Crippen LogP contribution in [0.25, 0.3) is 0 Å². The number of oxazole rings is 1. The van der Waals surface area contributed by atoms with Crippen molar-refractivity contribution in [3.8, 4) is 0 Å². The first-order valence-corrected chi connectivity index (χ1v) is 5.61. The van der Waals surface area contributed by atoms with Crippen molar-refractivity contribution in [2.45, 2.75) is 0 Å². The summed E-state index contributed by atoms with van der Waals surface area (Å²) in [6, 6.07) is 0. The molecule has 0 N–H and O–H groups in total. The summed E-state index contributed by atoms with van der Waals surface area (Å²) in [5, 5.41) is 0. The van der Waals surface area contributed by atoms with Gasteiger partial charge in [0.2, 0.25) is 0 Å². The van der Waals surface area contributed by atoms with Crippen LogP contribution in [0.3, 0.4) is 0 Å². The molecule has 0 aromatic carbocycles. The first kappa shape index (κ1) is 19.9. The SMILES string of the molecule is [W].[W].[W].[W]=[CH]c1ncoc1[CH]=[W]. The van der Waals surface area contributed by atoms with Crippen molar-refractivity contribution in [3.63, 3.8) is 0 Å². The van der Waals surface area contributed by atoms with E-state index in [-0.39, 0.29) is 63.2 Å². The van der Waals surface area contributed by atoms with Gasteiger partial charge in [0, 0.05) is 63.2 Å². The second kappa shape index (κ2) is 11.5. The normalized spacial score (nSPS) is 6.67. The maximum absolute atomic E-state index is 5.04. The zero-order chi connectivity index (χ0) is 6.69. The molecule has 64 valence electrons. The molecule has 7 heteroatoms. The van der Waals surface area contributed by atoms with E-state index in [2.05, 4.69) is 4.98 Å². The van der Waals surface area contributed by atoms with Gasteiger partial charge in [-0.1, -0.05) is 0 Å². The average molecular weight is 1010 g/mol. The van der Waals surface area contributed by atoms with Crippen LogP contribution in [0.2, 0.25) is 0 Å². The van der Waals surface area contributed by atoms with E-state index in [1.807, 2.05) is 8.80 Å². The molecule has 0 atom stereocenters. The van der Waals surface area contributed by atoms with Crippen LogP contribution in [0, 0.1) is 0 Å². The van der Waals surface area contributed by atoms with E-state index in [0.717, 1.165) is 11.5 Å². The molecule has 0 bridgehead atoms. The summed E-state index contributed by atoms with van der Waals surface area (Å²) >= 11 is 2.79. The van der Waals surface area contributed by atoms with Gasteiger partial charge < -0.3 is 0 Å². The Balaban J connectivity index is -0.000000270. The number of hydrogen-bond acceptors (Lipinski definition) is 2. The molecule has 0 radical (unpaired) electrons. The van der Waals surface area contributed by atoms with Gasteiger partial charge in [-0.15, -0.1) is 0 Å². The molecular formula is C5H3NOW5. The first-order valence-electron chi connectivity index (χ1n) is 2.22. The predicted molar refractivity (Wildman–Crippen MR) is 26.8 cm³/mol. The van der Waals surface area contributed by atoms with Crippen LogP contribution in [0.5, 0.6) is 0 Å². The van der Waals surface area contributed by atoms with Crippen LogP contribution < -0.4 is 0 Å². The quantitative estimate of drug-likeness (QED) is 0.420. The third kappa shape index (κ3) is 5.98. The Morgan fingerprint density at radius 3 is 2.08 bits per heavy atom. The summed E-state index contributed by atoms with van der Waals surface area (Å²) in [5.41, 5.74) is 0.972. The van der Waals surface area contributed by atoms with Gasteiger partial charge in [0.15, 0.2) is 0 Å². The van der Waals surface area contributed by atoms with Gasteiger partial charge in [-0.2, -0.15) is 0 Å². The van der Waals surface area contributed by atoms with Crippen LogP contribution in [0.4, 0.5) is 0 Å². The molecule has 0 saturated carbocycles. The Kier molecular flexibility index (Phi) is 19.0. The molecule has 0 aliphatic carbocycles. The van der Waals surface area contributed by atoms with Gasteiger partial charge >= 0.3 is 74.8 Å². The van der Waals surface area contributed by atoms with Crippen molar-refractivity contribution in [3.05, 3.63) is 17.8 Å². The van der Waals surface area contributed by atoms with E-state index in [1.165, 1.54) is 45.1 Å². The molecular weight excluding hydrogens is 1010 g/mol.